The van der Waals surface area contributed by atoms with Gasteiger partial charge in [-0.15, -0.1) is 0 Å². The second-order valence-corrected chi connectivity index (χ2v) is 31.2. The van der Waals surface area contributed by atoms with Crippen molar-refractivity contribution in [2.24, 2.45) is 0 Å². The van der Waals surface area contributed by atoms with Crippen LogP contribution in [0.5, 0.6) is 0 Å². The average Bonchev–Trinajstić information content (AvgIpc) is 1.56. The number of benzene rings is 18. The van der Waals surface area contributed by atoms with Crippen molar-refractivity contribution in [3.8, 4) is 146 Å². The summed E-state index contributed by atoms with van der Waals surface area (Å²) in [5.41, 5.74) is 28.9. The third-order valence-corrected chi connectivity index (χ3v) is 23.7. The number of para-hydroxylation sites is 2. The zero-order chi connectivity index (χ0) is 82.0. The van der Waals surface area contributed by atoms with Gasteiger partial charge in [0.2, 0.25) is 0 Å². The van der Waals surface area contributed by atoms with Crippen LogP contribution in [0.15, 0.2) is 446 Å². The van der Waals surface area contributed by atoms with Crippen molar-refractivity contribution in [3.63, 3.8) is 0 Å². The van der Waals surface area contributed by atoms with Gasteiger partial charge in [0.25, 0.3) is 0 Å². The second-order valence-electron chi connectivity index (χ2n) is 31.2. The van der Waals surface area contributed by atoms with Gasteiger partial charge in [-0.1, -0.05) is 346 Å². The van der Waals surface area contributed by atoms with Crippen molar-refractivity contribution >= 4 is 87.5 Å². The Morgan fingerprint density at radius 2 is 0.395 bits per heavy atom. The van der Waals surface area contributed by atoms with Crippen LogP contribution in [0.4, 0.5) is 0 Å². The fourth-order valence-corrected chi connectivity index (χ4v) is 17.6. The topological polar surface area (TPSA) is 113 Å². The predicted octanol–water partition coefficient (Wildman–Crippen LogP) is 29.7. The van der Waals surface area contributed by atoms with E-state index in [1.54, 1.807) is 0 Å². The van der Waals surface area contributed by atoms with E-state index in [0.29, 0.717) is 34.9 Å². The lowest BCUT2D eigenvalue weighted by atomic mass is 10.0. The van der Waals surface area contributed by atoms with Crippen LogP contribution >= 0.6 is 0 Å². The van der Waals surface area contributed by atoms with Crippen molar-refractivity contribution in [1.82, 2.24) is 39.0 Å². The third-order valence-electron chi connectivity index (χ3n) is 23.7. The molecule has 10 heteroatoms. The lowest BCUT2D eigenvalue weighted by molar-refractivity contribution is 0.670. The number of furan rings is 2. The lowest BCUT2D eigenvalue weighted by Gasteiger charge is -2.10. The SMILES string of the molecule is c1ccc(-c2ccc(-c3nc(-c4ccc(-c5ccccc5)cc4)nc(-c4ccc5oc6c(ccc7c8ccccc8n(-c8cccc(-c9ccccc9)c8)c76)c5c4)n3)cc2)cc1.c1ccc(-c2ccc(-c3nc(-c4cccc(-c5ccccc5)c4)nc(-c4ccc5oc6c(ccc7c8ccccc8n(-c8cccc(-c9ccccc9)c8)c76)c5c4)n3)cc2)cc1. The highest BCUT2D eigenvalue weighted by Crippen LogP contribution is 2.45. The molecule has 0 N–H and O–H groups in total. The van der Waals surface area contributed by atoms with Crippen LogP contribution in [0.1, 0.15) is 0 Å². The number of fused-ring (bicyclic) bond motifs is 14. The number of rotatable bonds is 14. The standard InChI is InChI=1S/2C57H36N4O/c1-4-14-37(15-5-1)40-26-28-41(29-27-40)55-58-56(44-22-12-20-42(34-44)38-16-6-2-7-17-38)60-57(59-55)45-30-33-52-50(36-45)49-32-31-48-47-24-10-11-25-51(47)61(53(48)54(49)62-52)46-23-13-21-43(35-46)39-18-8-3-9-19-39;1-4-13-37(14-5-1)40-23-27-42(28-24-40)55-58-56(43-29-25-41(26-30-43)38-15-6-2-7-16-38)60-57(59-55)45-31-34-52-50(36-45)49-33-32-48-47-21-10-11-22-51(47)61(53(48)54(49)62-52)46-20-12-19-44(35-46)39-17-8-3-9-18-39/h2*1-36H. The maximum absolute atomic E-state index is 6.88. The van der Waals surface area contributed by atoms with Crippen LogP contribution in [0.2, 0.25) is 0 Å². The summed E-state index contributed by atoms with van der Waals surface area (Å²) in [6.45, 7) is 0. The van der Waals surface area contributed by atoms with Gasteiger partial charge in [-0.25, -0.2) is 29.9 Å². The van der Waals surface area contributed by atoms with Crippen LogP contribution in [0.3, 0.4) is 0 Å². The molecule has 24 rings (SSSR count). The van der Waals surface area contributed by atoms with Crippen molar-refractivity contribution < 1.29 is 8.83 Å². The zero-order valence-electron chi connectivity index (χ0n) is 67.0. The first-order valence-corrected chi connectivity index (χ1v) is 41.7. The summed E-state index contributed by atoms with van der Waals surface area (Å²) in [7, 11) is 0. The summed E-state index contributed by atoms with van der Waals surface area (Å²) in [5.74, 6) is 3.61. The number of nitrogens with zero attached hydrogens (tertiary/aromatic N) is 8. The molecule has 0 saturated carbocycles. The molecule has 6 aromatic heterocycles. The van der Waals surface area contributed by atoms with Gasteiger partial charge in [-0.05, 0) is 158 Å². The Morgan fingerprint density at radius 1 is 0.153 bits per heavy atom. The number of aromatic nitrogens is 8. The van der Waals surface area contributed by atoms with E-state index in [-0.39, 0.29) is 0 Å². The Bertz CT molecular complexity index is 8070. The molecule has 10 nitrogen and oxygen atoms in total. The second kappa shape index (κ2) is 30.8. The normalized spacial score (nSPS) is 11.5. The molecule has 0 spiro atoms. The Morgan fingerprint density at radius 3 is 0.742 bits per heavy atom. The fraction of sp³-hybridized carbons (Fsp3) is 0. The van der Waals surface area contributed by atoms with E-state index in [9.17, 15) is 0 Å². The summed E-state index contributed by atoms with van der Waals surface area (Å²) in [5, 5.41) is 8.68. The molecule has 0 unspecified atom stereocenters. The van der Waals surface area contributed by atoms with Gasteiger partial charge in [0, 0.05) is 87.8 Å². The summed E-state index contributed by atoms with van der Waals surface area (Å²) < 4.78 is 18.4. The minimum Gasteiger partial charge on any atom is -0.454 e. The molecule has 0 radical (unpaired) electrons. The number of hydrogen-bond acceptors (Lipinski definition) is 8. The average molecular weight is 1590 g/mol. The molecular formula is C114H72N8O2. The zero-order valence-corrected chi connectivity index (χ0v) is 67.0. The van der Waals surface area contributed by atoms with E-state index >= 15 is 0 Å². The Labute approximate surface area is 713 Å². The van der Waals surface area contributed by atoms with Crippen LogP contribution in [-0.2, 0) is 0 Å². The smallest absolute Gasteiger partial charge is 0.164 e. The minimum absolute atomic E-state index is 0.589. The first kappa shape index (κ1) is 72.4. The number of hydrogen-bond donors (Lipinski definition) is 0. The van der Waals surface area contributed by atoms with Crippen molar-refractivity contribution in [1.29, 1.82) is 0 Å². The van der Waals surface area contributed by atoms with Gasteiger partial charge < -0.3 is 18.0 Å². The van der Waals surface area contributed by atoms with Crippen LogP contribution in [0, 0.1) is 0 Å². The lowest BCUT2D eigenvalue weighted by Crippen LogP contribution is -2.00. The highest BCUT2D eigenvalue weighted by Gasteiger charge is 2.25. The van der Waals surface area contributed by atoms with E-state index in [1.165, 1.54) is 21.9 Å². The minimum atomic E-state index is 0.589. The molecule has 18 aromatic carbocycles. The van der Waals surface area contributed by atoms with E-state index < -0.39 is 0 Å². The molecule has 0 saturated heterocycles. The summed E-state index contributed by atoms with van der Waals surface area (Å²) in [4.78, 5) is 30.8. The molecule has 0 aliphatic carbocycles. The summed E-state index contributed by atoms with van der Waals surface area (Å²) >= 11 is 0. The van der Waals surface area contributed by atoms with Crippen LogP contribution in [-0.4, -0.2) is 39.0 Å². The van der Waals surface area contributed by atoms with E-state index in [4.69, 9.17) is 38.7 Å². The Kier molecular flexibility index (Phi) is 18.0. The quantitative estimate of drug-likeness (QED) is 0.106. The van der Waals surface area contributed by atoms with Gasteiger partial charge in [0.05, 0.1) is 22.1 Å². The van der Waals surface area contributed by atoms with Gasteiger partial charge >= 0.3 is 0 Å². The molecule has 6 heterocycles. The van der Waals surface area contributed by atoms with E-state index in [2.05, 4.69) is 410 Å². The molecule has 0 bridgehead atoms. The van der Waals surface area contributed by atoms with Crippen molar-refractivity contribution in [2.45, 2.75) is 0 Å². The molecule has 0 fully saturated rings. The highest BCUT2D eigenvalue weighted by molar-refractivity contribution is 6.23. The first-order valence-electron chi connectivity index (χ1n) is 41.7. The van der Waals surface area contributed by atoms with Gasteiger partial charge in [0.15, 0.2) is 46.1 Å². The third kappa shape index (κ3) is 13.3. The maximum Gasteiger partial charge on any atom is 0.164 e. The largest absolute Gasteiger partial charge is 0.454 e. The van der Waals surface area contributed by atoms with Crippen molar-refractivity contribution in [2.75, 3.05) is 0 Å². The van der Waals surface area contributed by atoms with Gasteiger partial charge in [-0.3, -0.25) is 0 Å². The molecule has 24 aromatic rings. The molecule has 580 valence electrons. The van der Waals surface area contributed by atoms with E-state index in [0.717, 1.165) is 177 Å². The van der Waals surface area contributed by atoms with Gasteiger partial charge in [0.1, 0.15) is 11.2 Å². The highest BCUT2D eigenvalue weighted by atomic mass is 16.3. The molecule has 0 aliphatic heterocycles. The summed E-state index contributed by atoms with van der Waals surface area (Å²) in [6.07, 6.45) is 0. The van der Waals surface area contributed by atoms with Crippen molar-refractivity contribution in [3.05, 3.63) is 437 Å². The van der Waals surface area contributed by atoms with Crippen LogP contribution in [0.25, 0.3) is 234 Å². The van der Waals surface area contributed by atoms with Crippen LogP contribution < -0.4 is 0 Å². The van der Waals surface area contributed by atoms with E-state index in [1.807, 2.05) is 36.4 Å². The Hall–Kier alpha value is -16.8. The fourth-order valence-electron chi connectivity index (χ4n) is 17.6. The molecule has 0 amide bonds. The summed E-state index contributed by atoms with van der Waals surface area (Å²) in [6, 6.07) is 153. The first-order chi connectivity index (χ1) is 61.4. The monoisotopic (exact) mass is 1580 g/mol. The molecule has 0 atom stereocenters. The molecule has 124 heavy (non-hydrogen) atoms. The predicted molar refractivity (Wildman–Crippen MR) is 508 cm³/mol. The Balaban J connectivity index is 0.000000143. The van der Waals surface area contributed by atoms with Gasteiger partial charge in [-0.2, -0.15) is 0 Å². The maximum atomic E-state index is 6.88. The molecular weight excluding hydrogens is 1510 g/mol. The molecule has 0 aliphatic rings.